The Morgan fingerprint density at radius 2 is 2.06 bits per heavy atom. The van der Waals surface area contributed by atoms with Crippen molar-refractivity contribution in [2.75, 3.05) is 18.5 Å². The van der Waals surface area contributed by atoms with Crippen LogP contribution in [0.15, 0.2) is 12.1 Å². The number of pyridine rings is 1. The number of aliphatic hydroxyl groups is 2. The molecule has 0 amide bonds. The van der Waals surface area contributed by atoms with Gasteiger partial charge in [-0.3, -0.25) is 0 Å². The molecule has 0 saturated carbocycles. The average molecular weight is 245 g/mol. The van der Waals surface area contributed by atoms with Crippen molar-refractivity contribution in [3.05, 3.63) is 22.8 Å². The third kappa shape index (κ3) is 3.63. The normalized spacial score (nSPS) is 11.6. The van der Waals surface area contributed by atoms with E-state index in [-0.39, 0.29) is 6.61 Å². The molecule has 1 heterocycles. The standard InChI is InChI=1S/C11H17ClN2O2/c1-11(2,16)7-14(3)10-5-4-8(12)9(6-15)13-10/h4-5,15-16H,6-7H2,1-3H3. The molecule has 0 aliphatic rings. The first-order valence-corrected chi connectivity index (χ1v) is 5.41. The molecule has 0 spiro atoms. The van der Waals surface area contributed by atoms with E-state index in [1.165, 1.54) is 0 Å². The van der Waals surface area contributed by atoms with Gasteiger partial charge in [0.15, 0.2) is 0 Å². The van der Waals surface area contributed by atoms with Crippen LogP contribution in [0.1, 0.15) is 19.5 Å². The van der Waals surface area contributed by atoms with E-state index < -0.39 is 5.60 Å². The van der Waals surface area contributed by atoms with Crippen molar-refractivity contribution >= 4 is 17.4 Å². The highest BCUT2D eigenvalue weighted by molar-refractivity contribution is 6.31. The van der Waals surface area contributed by atoms with Crippen molar-refractivity contribution < 1.29 is 10.2 Å². The number of nitrogens with zero attached hydrogens (tertiary/aromatic N) is 2. The number of anilines is 1. The minimum Gasteiger partial charge on any atom is -0.390 e. The second-order valence-corrected chi connectivity index (χ2v) is 4.83. The highest BCUT2D eigenvalue weighted by Gasteiger charge is 2.17. The first-order chi connectivity index (χ1) is 7.33. The van der Waals surface area contributed by atoms with Gasteiger partial charge in [0.1, 0.15) is 5.82 Å². The van der Waals surface area contributed by atoms with Crippen LogP contribution >= 0.6 is 11.6 Å². The van der Waals surface area contributed by atoms with Crippen LogP contribution in [0.2, 0.25) is 5.02 Å². The molecule has 5 heteroatoms. The molecule has 0 fully saturated rings. The smallest absolute Gasteiger partial charge is 0.128 e. The Kier molecular flexibility index (Phi) is 4.13. The third-order valence-corrected chi connectivity index (χ3v) is 2.41. The van der Waals surface area contributed by atoms with E-state index in [4.69, 9.17) is 16.7 Å². The minimum atomic E-state index is -0.796. The quantitative estimate of drug-likeness (QED) is 0.842. The summed E-state index contributed by atoms with van der Waals surface area (Å²) in [4.78, 5) is 6.02. The fourth-order valence-corrected chi connectivity index (χ4v) is 1.62. The van der Waals surface area contributed by atoms with E-state index >= 15 is 0 Å². The van der Waals surface area contributed by atoms with Crippen molar-refractivity contribution in [2.24, 2.45) is 0 Å². The largest absolute Gasteiger partial charge is 0.390 e. The summed E-state index contributed by atoms with van der Waals surface area (Å²) in [7, 11) is 1.83. The lowest BCUT2D eigenvalue weighted by Crippen LogP contribution is -2.36. The van der Waals surface area contributed by atoms with E-state index in [0.717, 1.165) is 0 Å². The second kappa shape index (κ2) is 4.99. The number of halogens is 1. The summed E-state index contributed by atoms with van der Waals surface area (Å²) >= 11 is 5.84. The third-order valence-electron chi connectivity index (χ3n) is 2.07. The fourth-order valence-electron chi connectivity index (χ4n) is 1.46. The molecular formula is C11H17ClN2O2. The zero-order chi connectivity index (χ0) is 12.3. The van der Waals surface area contributed by atoms with Crippen LogP contribution in [-0.2, 0) is 6.61 Å². The van der Waals surface area contributed by atoms with Crippen LogP contribution in [0.3, 0.4) is 0 Å². The zero-order valence-electron chi connectivity index (χ0n) is 9.74. The number of rotatable bonds is 4. The van der Waals surface area contributed by atoms with Gasteiger partial charge in [0.05, 0.1) is 22.9 Å². The predicted octanol–water partition coefficient (Wildman–Crippen LogP) is 1.43. The molecule has 0 aliphatic carbocycles. The molecule has 1 rings (SSSR count). The van der Waals surface area contributed by atoms with E-state index in [0.29, 0.717) is 23.1 Å². The van der Waals surface area contributed by atoms with Gasteiger partial charge in [-0.05, 0) is 26.0 Å². The molecule has 1 aromatic heterocycles. The molecule has 0 saturated heterocycles. The molecule has 16 heavy (non-hydrogen) atoms. The second-order valence-electron chi connectivity index (χ2n) is 4.42. The maximum atomic E-state index is 9.69. The summed E-state index contributed by atoms with van der Waals surface area (Å²) in [6, 6.07) is 3.45. The van der Waals surface area contributed by atoms with Gasteiger partial charge in [0.2, 0.25) is 0 Å². The van der Waals surface area contributed by atoms with E-state index in [1.807, 2.05) is 11.9 Å². The van der Waals surface area contributed by atoms with E-state index in [9.17, 15) is 5.11 Å². The maximum absolute atomic E-state index is 9.69. The number of likely N-dealkylation sites (N-methyl/N-ethyl adjacent to an activating group) is 1. The van der Waals surface area contributed by atoms with Gasteiger partial charge in [0, 0.05) is 13.6 Å². The molecule has 0 bridgehead atoms. The zero-order valence-corrected chi connectivity index (χ0v) is 10.5. The van der Waals surface area contributed by atoms with Gasteiger partial charge in [-0.25, -0.2) is 4.98 Å². The van der Waals surface area contributed by atoms with Gasteiger partial charge in [0.25, 0.3) is 0 Å². The first kappa shape index (κ1) is 13.2. The van der Waals surface area contributed by atoms with Crippen LogP contribution in [0.25, 0.3) is 0 Å². The Balaban J connectivity index is 2.88. The lowest BCUT2D eigenvalue weighted by molar-refractivity contribution is 0.0884. The SMILES string of the molecule is CN(CC(C)(C)O)c1ccc(Cl)c(CO)n1. The Morgan fingerprint density at radius 1 is 1.44 bits per heavy atom. The average Bonchev–Trinajstić information content (AvgIpc) is 2.15. The number of hydrogen-bond acceptors (Lipinski definition) is 4. The summed E-state index contributed by atoms with van der Waals surface area (Å²) in [6.07, 6.45) is 0. The summed E-state index contributed by atoms with van der Waals surface area (Å²) < 4.78 is 0. The van der Waals surface area contributed by atoms with Gasteiger partial charge in [-0.15, -0.1) is 0 Å². The van der Waals surface area contributed by atoms with Gasteiger partial charge in [-0.2, -0.15) is 0 Å². The Morgan fingerprint density at radius 3 is 2.56 bits per heavy atom. The minimum absolute atomic E-state index is 0.191. The molecule has 2 N–H and O–H groups in total. The molecule has 0 aromatic carbocycles. The highest BCUT2D eigenvalue weighted by atomic mass is 35.5. The van der Waals surface area contributed by atoms with E-state index in [2.05, 4.69) is 4.98 Å². The summed E-state index contributed by atoms with van der Waals surface area (Å²) in [6.45, 7) is 3.72. The van der Waals surface area contributed by atoms with Crippen molar-refractivity contribution in [1.82, 2.24) is 4.98 Å². The van der Waals surface area contributed by atoms with Crippen molar-refractivity contribution in [1.29, 1.82) is 0 Å². The first-order valence-electron chi connectivity index (χ1n) is 5.03. The van der Waals surface area contributed by atoms with Crippen molar-refractivity contribution in [2.45, 2.75) is 26.1 Å². The summed E-state index contributed by atoms with van der Waals surface area (Å²) in [5.74, 6) is 0.676. The van der Waals surface area contributed by atoms with Crippen molar-refractivity contribution in [3.8, 4) is 0 Å². The molecule has 0 aliphatic heterocycles. The molecular weight excluding hydrogens is 228 g/mol. The van der Waals surface area contributed by atoms with Crippen LogP contribution in [0.5, 0.6) is 0 Å². The van der Waals surface area contributed by atoms with Gasteiger partial charge >= 0.3 is 0 Å². The van der Waals surface area contributed by atoms with E-state index in [1.54, 1.807) is 26.0 Å². The molecule has 4 nitrogen and oxygen atoms in total. The Labute approximate surface area is 100 Å². The van der Waals surface area contributed by atoms with Crippen LogP contribution in [0.4, 0.5) is 5.82 Å². The van der Waals surface area contributed by atoms with Gasteiger partial charge in [-0.1, -0.05) is 11.6 Å². The number of hydrogen-bond donors (Lipinski definition) is 2. The van der Waals surface area contributed by atoms with Gasteiger partial charge < -0.3 is 15.1 Å². The predicted molar refractivity (Wildman–Crippen MR) is 64.7 cm³/mol. The van der Waals surface area contributed by atoms with Crippen LogP contribution < -0.4 is 4.90 Å². The molecule has 90 valence electrons. The Hall–Kier alpha value is -0.840. The van der Waals surface area contributed by atoms with Crippen LogP contribution in [0, 0.1) is 0 Å². The number of aliphatic hydroxyl groups excluding tert-OH is 1. The highest BCUT2D eigenvalue weighted by Crippen LogP contribution is 2.19. The monoisotopic (exact) mass is 244 g/mol. The summed E-state index contributed by atoms with van der Waals surface area (Å²) in [5.41, 5.74) is -0.350. The lowest BCUT2D eigenvalue weighted by atomic mass is 10.1. The molecule has 0 atom stereocenters. The number of aromatic nitrogens is 1. The lowest BCUT2D eigenvalue weighted by Gasteiger charge is -2.26. The molecule has 0 radical (unpaired) electrons. The Bertz CT molecular complexity index is 363. The topological polar surface area (TPSA) is 56.6 Å². The fraction of sp³-hybridized carbons (Fsp3) is 0.545. The summed E-state index contributed by atoms with van der Waals surface area (Å²) in [5, 5.41) is 19.2. The molecule has 1 aromatic rings. The van der Waals surface area contributed by atoms with Crippen LogP contribution in [-0.4, -0.2) is 34.4 Å². The molecule has 0 unspecified atom stereocenters. The maximum Gasteiger partial charge on any atom is 0.128 e. The van der Waals surface area contributed by atoms with Crippen molar-refractivity contribution in [3.63, 3.8) is 0 Å².